The van der Waals surface area contributed by atoms with Crippen LogP contribution in [0.5, 0.6) is 0 Å². The number of rotatable bonds is 2. The van der Waals surface area contributed by atoms with E-state index in [1.807, 2.05) is 20.8 Å². The Morgan fingerprint density at radius 1 is 1.47 bits per heavy atom. The van der Waals surface area contributed by atoms with Gasteiger partial charge in [-0.15, -0.1) is 0 Å². The van der Waals surface area contributed by atoms with E-state index in [1.165, 1.54) is 4.68 Å². The Labute approximate surface area is 113 Å². The minimum atomic E-state index is -0.272. The zero-order chi connectivity index (χ0) is 14.2. The number of aromatic nitrogens is 2. The Morgan fingerprint density at radius 3 is 2.79 bits per heavy atom. The Hall–Kier alpha value is -1.45. The van der Waals surface area contributed by atoms with Crippen molar-refractivity contribution < 1.29 is 4.79 Å². The van der Waals surface area contributed by atoms with E-state index in [4.69, 9.17) is 0 Å². The summed E-state index contributed by atoms with van der Waals surface area (Å²) in [6.45, 7) is 5.89. The van der Waals surface area contributed by atoms with Crippen LogP contribution in [0.4, 0.5) is 0 Å². The quantitative estimate of drug-likeness (QED) is 0.818. The lowest BCUT2D eigenvalue weighted by Crippen LogP contribution is -2.29. The van der Waals surface area contributed by atoms with Crippen LogP contribution in [0.25, 0.3) is 0 Å². The lowest BCUT2D eigenvalue weighted by Gasteiger charge is -2.26. The molecule has 2 rings (SSSR count). The van der Waals surface area contributed by atoms with E-state index in [2.05, 4.69) is 5.10 Å². The van der Waals surface area contributed by atoms with Gasteiger partial charge in [-0.2, -0.15) is 5.10 Å². The monoisotopic (exact) mass is 262 g/mol. The van der Waals surface area contributed by atoms with Gasteiger partial charge in [-0.3, -0.25) is 9.59 Å². The van der Waals surface area contributed by atoms with Gasteiger partial charge in [0.2, 0.25) is 0 Å². The molecule has 0 aliphatic heterocycles. The summed E-state index contributed by atoms with van der Waals surface area (Å²) in [6.07, 6.45) is 3.27. The fourth-order valence-electron chi connectivity index (χ4n) is 2.50. The molecule has 4 nitrogen and oxygen atoms in total. The molecule has 0 saturated carbocycles. The highest BCUT2D eigenvalue weighted by molar-refractivity contribution is 5.83. The first kappa shape index (κ1) is 14.0. The molecule has 0 N–H and O–H groups in total. The molecule has 1 atom stereocenters. The predicted octanol–water partition coefficient (Wildman–Crippen LogP) is 1.89. The Kier molecular flexibility index (Phi) is 3.61. The summed E-state index contributed by atoms with van der Waals surface area (Å²) in [5.74, 6) is 0.658. The van der Waals surface area contributed by atoms with Crippen LogP contribution in [0.2, 0.25) is 0 Å². The first-order valence-corrected chi connectivity index (χ1v) is 6.87. The van der Waals surface area contributed by atoms with Gasteiger partial charge in [0, 0.05) is 24.9 Å². The van der Waals surface area contributed by atoms with Gasteiger partial charge in [-0.25, -0.2) is 4.68 Å². The standard InChI is InChI=1S/C15H22N2O2/c1-15(2,3)13(18)8-10-5-6-12-11(7-10)9-14(19)17(4)16-12/h9-10H,5-8H2,1-4H3. The number of fused-ring (bicyclic) bond motifs is 1. The smallest absolute Gasteiger partial charge is 0.266 e. The van der Waals surface area contributed by atoms with Crippen molar-refractivity contribution in [3.63, 3.8) is 0 Å². The second-order valence-electron chi connectivity index (χ2n) is 6.56. The first-order chi connectivity index (χ1) is 8.77. The molecule has 1 unspecified atom stereocenters. The van der Waals surface area contributed by atoms with Crippen molar-refractivity contribution in [3.05, 3.63) is 27.7 Å². The van der Waals surface area contributed by atoms with E-state index >= 15 is 0 Å². The topological polar surface area (TPSA) is 52.0 Å². The van der Waals surface area contributed by atoms with Crippen LogP contribution in [-0.4, -0.2) is 15.6 Å². The largest absolute Gasteiger partial charge is 0.299 e. The molecule has 0 aromatic carbocycles. The van der Waals surface area contributed by atoms with Gasteiger partial charge >= 0.3 is 0 Å². The van der Waals surface area contributed by atoms with Crippen molar-refractivity contribution in [2.24, 2.45) is 18.4 Å². The fourth-order valence-corrected chi connectivity index (χ4v) is 2.50. The number of carbonyl (C=O) groups is 1. The van der Waals surface area contributed by atoms with E-state index in [0.29, 0.717) is 18.1 Å². The maximum Gasteiger partial charge on any atom is 0.266 e. The molecule has 4 heteroatoms. The molecule has 0 fully saturated rings. The Bertz CT molecular complexity index is 552. The van der Waals surface area contributed by atoms with Crippen LogP contribution < -0.4 is 5.56 Å². The highest BCUT2D eigenvalue weighted by Gasteiger charge is 2.27. The van der Waals surface area contributed by atoms with Gasteiger partial charge in [0.1, 0.15) is 5.78 Å². The molecule has 0 amide bonds. The maximum absolute atomic E-state index is 12.1. The number of ketones is 1. The third-order valence-electron chi connectivity index (χ3n) is 3.87. The number of aryl methyl sites for hydroxylation is 2. The molecule has 1 aliphatic carbocycles. The lowest BCUT2D eigenvalue weighted by atomic mass is 9.79. The van der Waals surface area contributed by atoms with E-state index in [-0.39, 0.29) is 11.0 Å². The number of nitrogens with zero attached hydrogens (tertiary/aromatic N) is 2. The van der Waals surface area contributed by atoms with E-state index in [9.17, 15) is 9.59 Å². The zero-order valence-electron chi connectivity index (χ0n) is 12.2. The summed E-state index contributed by atoms with van der Waals surface area (Å²) in [5, 5.41) is 4.29. The van der Waals surface area contributed by atoms with Crippen LogP contribution >= 0.6 is 0 Å². The minimum absolute atomic E-state index is 0.0680. The zero-order valence-corrected chi connectivity index (χ0v) is 12.2. The third-order valence-corrected chi connectivity index (χ3v) is 3.87. The lowest BCUT2D eigenvalue weighted by molar-refractivity contribution is -0.127. The van der Waals surface area contributed by atoms with Crippen molar-refractivity contribution in [3.8, 4) is 0 Å². The van der Waals surface area contributed by atoms with Gasteiger partial charge in [-0.1, -0.05) is 20.8 Å². The minimum Gasteiger partial charge on any atom is -0.299 e. The number of hydrogen-bond acceptors (Lipinski definition) is 3. The SMILES string of the molecule is Cn1nc2c(cc1=O)CC(CC(=O)C(C)(C)C)CC2. The van der Waals surface area contributed by atoms with Gasteiger partial charge in [0.25, 0.3) is 5.56 Å². The van der Waals surface area contributed by atoms with Crippen LogP contribution in [0.1, 0.15) is 44.9 Å². The van der Waals surface area contributed by atoms with Crippen molar-refractivity contribution in [2.75, 3.05) is 0 Å². The molecular weight excluding hydrogens is 240 g/mol. The predicted molar refractivity (Wildman–Crippen MR) is 74.1 cm³/mol. The van der Waals surface area contributed by atoms with Crippen molar-refractivity contribution in [1.82, 2.24) is 9.78 Å². The molecular formula is C15H22N2O2. The van der Waals surface area contributed by atoms with Gasteiger partial charge < -0.3 is 0 Å². The van der Waals surface area contributed by atoms with Crippen LogP contribution in [0.3, 0.4) is 0 Å². The second-order valence-corrected chi connectivity index (χ2v) is 6.56. The van der Waals surface area contributed by atoms with E-state index in [1.54, 1.807) is 13.1 Å². The molecule has 1 aromatic heterocycles. The molecule has 104 valence electrons. The second kappa shape index (κ2) is 4.91. The number of hydrogen-bond donors (Lipinski definition) is 0. The highest BCUT2D eigenvalue weighted by atomic mass is 16.1. The summed E-state index contributed by atoms with van der Waals surface area (Å²) in [6, 6.07) is 1.68. The van der Waals surface area contributed by atoms with Crippen LogP contribution in [-0.2, 0) is 24.7 Å². The maximum atomic E-state index is 12.1. The summed E-state index contributed by atoms with van der Waals surface area (Å²) in [5.41, 5.74) is 1.70. The average molecular weight is 262 g/mol. The van der Waals surface area contributed by atoms with Gasteiger partial charge in [-0.05, 0) is 30.7 Å². The molecule has 0 radical (unpaired) electrons. The Balaban J connectivity index is 2.12. The first-order valence-electron chi connectivity index (χ1n) is 6.87. The Morgan fingerprint density at radius 2 is 2.16 bits per heavy atom. The molecule has 0 bridgehead atoms. The molecule has 19 heavy (non-hydrogen) atoms. The molecule has 0 saturated heterocycles. The fraction of sp³-hybridized carbons (Fsp3) is 0.667. The molecule has 1 heterocycles. The molecule has 1 aliphatic rings. The highest BCUT2D eigenvalue weighted by Crippen LogP contribution is 2.28. The summed E-state index contributed by atoms with van der Waals surface area (Å²) in [7, 11) is 1.68. The van der Waals surface area contributed by atoms with Crippen LogP contribution in [0, 0.1) is 11.3 Å². The molecule has 1 aromatic rings. The number of Topliss-reactive ketones (excluding diaryl/α,β-unsaturated/α-hetero) is 1. The van der Waals surface area contributed by atoms with Crippen molar-refractivity contribution >= 4 is 5.78 Å². The molecule has 0 spiro atoms. The van der Waals surface area contributed by atoms with Crippen molar-refractivity contribution in [2.45, 2.75) is 46.5 Å². The van der Waals surface area contributed by atoms with Crippen LogP contribution in [0.15, 0.2) is 10.9 Å². The van der Waals surface area contributed by atoms with E-state index in [0.717, 1.165) is 30.5 Å². The average Bonchev–Trinajstić information content (AvgIpc) is 2.29. The van der Waals surface area contributed by atoms with E-state index < -0.39 is 0 Å². The van der Waals surface area contributed by atoms with Gasteiger partial charge in [0.05, 0.1) is 5.69 Å². The van der Waals surface area contributed by atoms with Crippen molar-refractivity contribution in [1.29, 1.82) is 0 Å². The normalized spacial score (nSPS) is 19.1. The van der Waals surface area contributed by atoms with Gasteiger partial charge in [0.15, 0.2) is 0 Å². The summed E-state index contributed by atoms with van der Waals surface area (Å²) < 4.78 is 1.39. The summed E-state index contributed by atoms with van der Waals surface area (Å²) in [4.78, 5) is 23.7. The summed E-state index contributed by atoms with van der Waals surface area (Å²) >= 11 is 0. The number of carbonyl (C=O) groups excluding carboxylic acids is 1. The third kappa shape index (κ3) is 3.11.